The summed E-state index contributed by atoms with van der Waals surface area (Å²) in [5.74, 6) is 0.433. The summed E-state index contributed by atoms with van der Waals surface area (Å²) in [6, 6.07) is 6.56. The Labute approximate surface area is 106 Å². The number of phenolic OH excluding ortho intramolecular Hbond substituents is 1. The number of halogens is 1. The lowest BCUT2D eigenvalue weighted by molar-refractivity contribution is 0.0941. The van der Waals surface area contributed by atoms with Gasteiger partial charge < -0.3 is 10.4 Å². The molecular formula is C13H16ClNO2. The van der Waals surface area contributed by atoms with Crippen molar-refractivity contribution in [2.45, 2.75) is 19.3 Å². The largest absolute Gasteiger partial charge is 0.507 e. The summed E-state index contributed by atoms with van der Waals surface area (Å²) in [7, 11) is 0. The molecule has 1 aromatic rings. The molecule has 0 unspecified atom stereocenters. The van der Waals surface area contributed by atoms with E-state index in [9.17, 15) is 9.90 Å². The Hall–Kier alpha value is -1.22. The molecule has 1 aliphatic carbocycles. The Kier molecular flexibility index (Phi) is 3.57. The highest BCUT2D eigenvalue weighted by molar-refractivity contribution is 6.17. The van der Waals surface area contributed by atoms with Crippen LogP contribution in [-0.2, 0) is 0 Å². The summed E-state index contributed by atoms with van der Waals surface area (Å²) in [6.45, 7) is 0.646. The highest BCUT2D eigenvalue weighted by atomic mass is 35.5. The summed E-state index contributed by atoms with van der Waals surface area (Å²) in [4.78, 5) is 11.8. The highest BCUT2D eigenvalue weighted by Crippen LogP contribution is 2.48. The lowest BCUT2D eigenvalue weighted by atomic mass is 10.0. The van der Waals surface area contributed by atoms with E-state index in [0.717, 1.165) is 19.3 Å². The smallest absolute Gasteiger partial charge is 0.255 e. The summed E-state index contributed by atoms with van der Waals surface area (Å²) < 4.78 is 0. The molecule has 92 valence electrons. The second-order valence-electron chi connectivity index (χ2n) is 4.64. The molecule has 2 rings (SSSR count). The van der Waals surface area contributed by atoms with Crippen molar-refractivity contribution in [3.05, 3.63) is 29.8 Å². The molecule has 0 aromatic heterocycles. The quantitative estimate of drug-likeness (QED) is 0.793. The van der Waals surface area contributed by atoms with E-state index < -0.39 is 0 Å². The molecule has 0 aliphatic heterocycles. The fourth-order valence-corrected chi connectivity index (χ4v) is 2.32. The third kappa shape index (κ3) is 2.91. The van der Waals surface area contributed by atoms with Crippen molar-refractivity contribution in [2.24, 2.45) is 5.41 Å². The molecule has 1 aliphatic rings. The Balaban J connectivity index is 1.92. The van der Waals surface area contributed by atoms with Crippen LogP contribution in [0.1, 0.15) is 29.6 Å². The van der Waals surface area contributed by atoms with Gasteiger partial charge in [-0.05, 0) is 36.8 Å². The van der Waals surface area contributed by atoms with Crippen molar-refractivity contribution in [1.82, 2.24) is 5.32 Å². The molecule has 0 bridgehead atoms. The predicted molar refractivity (Wildman–Crippen MR) is 67.4 cm³/mol. The molecule has 1 aromatic carbocycles. The monoisotopic (exact) mass is 253 g/mol. The van der Waals surface area contributed by atoms with Crippen LogP contribution >= 0.6 is 11.6 Å². The maximum Gasteiger partial charge on any atom is 0.255 e. The van der Waals surface area contributed by atoms with E-state index >= 15 is 0 Å². The maximum absolute atomic E-state index is 11.8. The van der Waals surface area contributed by atoms with Crippen LogP contribution in [0.25, 0.3) is 0 Å². The number of hydrogen-bond donors (Lipinski definition) is 2. The molecule has 1 fully saturated rings. The number of aromatic hydroxyl groups is 1. The Morgan fingerprint density at radius 1 is 1.41 bits per heavy atom. The van der Waals surface area contributed by atoms with Gasteiger partial charge in [0, 0.05) is 12.4 Å². The van der Waals surface area contributed by atoms with Gasteiger partial charge in [-0.25, -0.2) is 0 Å². The van der Waals surface area contributed by atoms with Crippen LogP contribution in [0.2, 0.25) is 0 Å². The summed E-state index contributed by atoms with van der Waals surface area (Å²) in [5, 5.41) is 12.4. The van der Waals surface area contributed by atoms with Crippen molar-refractivity contribution in [1.29, 1.82) is 0 Å². The average molecular weight is 254 g/mol. The van der Waals surface area contributed by atoms with Crippen molar-refractivity contribution < 1.29 is 9.90 Å². The number of rotatable bonds is 5. The van der Waals surface area contributed by atoms with Crippen LogP contribution in [0.5, 0.6) is 5.75 Å². The van der Waals surface area contributed by atoms with Gasteiger partial charge in [-0.15, -0.1) is 11.6 Å². The van der Waals surface area contributed by atoms with E-state index in [1.54, 1.807) is 18.2 Å². The normalized spacial score (nSPS) is 16.5. The minimum atomic E-state index is -0.219. The zero-order chi connectivity index (χ0) is 12.3. The summed E-state index contributed by atoms with van der Waals surface area (Å²) in [5.41, 5.74) is 0.538. The number of nitrogens with one attached hydrogen (secondary N) is 1. The molecule has 17 heavy (non-hydrogen) atoms. The first-order chi connectivity index (χ1) is 8.17. The van der Waals surface area contributed by atoms with Gasteiger partial charge in [0.1, 0.15) is 5.75 Å². The molecule has 3 nitrogen and oxygen atoms in total. The third-order valence-electron chi connectivity index (χ3n) is 3.35. The fraction of sp³-hybridized carbons (Fsp3) is 0.462. The molecule has 4 heteroatoms. The second kappa shape index (κ2) is 4.96. The first kappa shape index (κ1) is 12.2. The molecule has 0 heterocycles. The zero-order valence-electron chi connectivity index (χ0n) is 9.58. The van der Waals surface area contributed by atoms with Crippen LogP contribution in [0.15, 0.2) is 24.3 Å². The number of phenols is 1. The standard InChI is InChI=1S/C13H16ClNO2/c14-8-7-13(5-6-13)9-15-12(17)10-3-1-2-4-11(10)16/h1-4,16H,5-9H2,(H,15,17). The predicted octanol–water partition coefficient (Wildman–Crippen LogP) is 2.53. The molecule has 0 saturated heterocycles. The Bertz CT molecular complexity index is 416. The van der Waals surface area contributed by atoms with E-state index in [1.165, 1.54) is 6.07 Å². The summed E-state index contributed by atoms with van der Waals surface area (Å²) >= 11 is 5.73. The van der Waals surface area contributed by atoms with Gasteiger partial charge in [0.2, 0.25) is 0 Å². The van der Waals surface area contributed by atoms with Crippen molar-refractivity contribution >= 4 is 17.5 Å². The number of alkyl halides is 1. The van der Waals surface area contributed by atoms with E-state index in [1.807, 2.05) is 0 Å². The van der Waals surface area contributed by atoms with E-state index in [-0.39, 0.29) is 17.1 Å². The molecule has 2 N–H and O–H groups in total. The number of carbonyl (C=O) groups is 1. The average Bonchev–Trinajstić information content (AvgIpc) is 3.08. The van der Waals surface area contributed by atoms with Crippen LogP contribution in [0, 0.1) is 5.41 Å². The van der Waals surface area contributed by atoms with Gasteiger partial charge in [-0.1, -0.05) is 12.1 Å². The number of hydrogen-bond acceptors (Lipinski definition) is 2. The van der Waals surface area contributed by atoms with Crippen LogP contribution < -0.4 is 5.32 Å². The van der Waals surface area contributed by atoms with Gasteiger partial charge in [0.15, 0.2) is 0 Å². The van der Waals surface area contributed by atoms with Crippen LogP contribution in [-0.4, -0.2) is 23.4 Å². The molecule has 0 spiro atoms. The third-order valence-corrected chi connectivity index (χ3v) is 3.54. The zero-order valence-corrected chi connectivity index (χ0v) is 10.3. The van der Waals surface area contributed by atoms with Crippen molar-refractivity contribution in [2.75, 3.05) is 12.4 Å². The van der Waals surface area contributed by atoms with Crippen molar-refractivity contribution in [3.8, 4) is 5.75 Å². The number of amides is 1. The molecule has 1 saturated carbocycles. The number of benzene rings is 1. The topological polar surface area (TPSA) is 49.3 Å². The molecule has 0 radical (unpaired) electrons. The van der Waals surface area contributed by atoms with Crippen molar-refractivity contribution in [3.63, 3.8) is 0 Å². The van der Waals surface area contributed by atoms with E-state index in [0.29, 0.717) is 18.0 Å². The fourth-order valence-electron chi connectivity index (χ4n) is 1.92. The lowest BCUT2D eigenvalue weighted by Crippen LogP contribution is -2.30. The minimum absolute atomic E-state index is 0.0205. The minimum Gasteiger partial charge on any atom is -0.507 e. The van der Waals surface area contributed by atoms with Gasteiger partial charge in [0.05, 0.1) is 5.56 Å². The van der Waals surface area contributed by atoms with Gasteiger partial charge >= 0.3 is 0 Å². The molecule has 1 amide bonds. The number of carbonyl (C=O) groups excluding carboxylic acids is 1. The molecule has 0 atom stereocenters. The van der Waals surface area contributed by atoms with Crippen LogP contribution in [0.4, 0.5) is 0 Å². The van der Waals surface area contributed by atoms with E-state index in [2.05, 4.69) is 5.32 Å². The first-order valence-electron chi connectivity index (χ1n) is 5.79. The lowest BCUT2D eigenvalue weighted by Gasteiger charge is -2.14. The molecular weight excluding hydrogens is 238 g/mol. The summed E-state index contributed by atoms with van der Waals surface area (Å²) in [6.07, 6.45) is 3.19. The number of para-hydroxylation sites is 1. The Morgan fingerprint density at radius 3 is 2.71 bits per heavy atom. The van der Waals surface area contributed by atoms with E-state index in [4.69, 9.17) is 11.6 Å². The van der Waals surface area contributed by atoms with Gasteiger partial charge in [-0.3, -0.25) is 4.79 Å². The SMILES string of the molecule is O=C(NCC1(CCCl)CC1)c1ccccc1O. The Morgan fingerprint density at radius 2 is 2.12 bits per heavy atom. The second-order valence-corrected chi connectivity index (χ2v) is 5.02. The maximum atomic E-state index is 11.8. The highest BCUT2D eigenvalue weighted by Gasteiger charge is 2.41. The van der Waals surface area contributed by atoms with Crippen LogP contribution in [0.3, 0.4) is 0 Å². The van der Waals surface area contributed by atoms with Gasteiger partial charge in [-0.2, -0.15) is 0 Å². The first-order valence-corrected chi connectivity index (χ1v) is 6.32. The van der Waals surface area contributed by atoms with Gasteiger partial charge in [0.25, 0.3) is 5.91 Å².